The maximum Gasteiger partial charge on any atom is 0.159 e. The third-order valence-electron chi connectivity index (χ3n) is 8.27. The van der Waals surface area contributed by atoms with Gasteiger partial charge in [0, 0.05) is 5.54 Å². The van der Waals surface area contributed by atoms with Gasteiger partial charge in [-0.2, -0.15) is 0 Å². The summed E-state index contributed by atoms with van der Waals surface area (Å²) in [5.41, 5.74) is 9.40. The minimum absolute atomic E-state index is 0.416. The molecule has 1 aliphatic rings. The molecule has 1 aliphatic carbocycles. The second-order valence-corrected chi connectivity index (χ2v) is 14.7. The molecule has 0 N–H and O–H groups in total. The highest BCUT2D eigenvalue weighted by Crippen LogP contribution is 2.46. The van der Waals surface area contributed by atoms with Crippen LogP contribution in [0, 0.1) is 0 Å². The second kappa shape index (κ2) is 9.54. The summed E-state index contributed by atoms with van der Waals surface area (Å²) in [5.74, 6) is 0.993. The van der Waals surface area contributed by atoms with Crippen molar-refractivity contribution in [3.63, 3.8) is 0 Å². The Morgan fingerprint density at radius 3 is 1.26 bits per heavy atom. The Kier molecular flexibility index (Phi) is 6.87. The van der Waals surface area contributed by atoms with Crippen molar-refractivity contribution < 1.29 is 0 Å². The third kappa shape index (κ3) is 3.94. The van der Waals surface area contributed by atoms with Crippen LogP contribution in [0.2, 0.25) is 5.54 Å². The molecule has 0 unspecified atom stereocenters. The van der Waals surface area contributed by atoms with Crippen LogP contribution in [0.5, 0.6) is 0 Å². The van der Waals surface area contributed by atoms with Crippen LogP contribution in [0.15, 0.2) is 101 Å². The summed E-state index contributed by atoms with van der Waals surface area (Å²) in [7, 11) is -2.47. The van der Waals surface area contributed by atoms with E-state index in [1.807, 2.05) is 0 Å². The van der Waals surface area contributed by atoms with Crippen LogP contribution in [0.25, 0.3) is 0 Å². The monoisotopic (exact) mass is 464 g/mol. The first-order valence-electron chi connectivity index (χ1n) is 12.8. The lowest BCUT2D eigenvalue weighted by atomic mass is 9.96. The number of rotatable bonds is 6. The van der Waals surface area contributed by atoms with E-state index >= 15 is 0 Å². The van der Waals surface area contributed by atoms with Gasteiger partial charge in [0.25, 0.3) is 0 Å². The summed E-state index contributed by atoms with van der Waals surface area (Å²) in [5, 5.41) is 4.55. The van der Waals surface area contributed by atoms with Gasteiger partial charge in [-0.1, -0.05) is 118 Å². The standard InChI is InChI=1S/C33H40Si/c1-22(2)28-19-29(23(3)4)21-32(20-28)34(30-15-11-9-12-16-30,31-17-13-10-14-18-31)33-26(7)24(5)25(6)27(33)8/h9-23,33H,1-8H3. The van der Waals surface area contributed by atoms with Crippen molar-refractivity contribution >= 4 is 23.6 Å². The van der Waals surface area contributed by atoms with Crippen molar-refractivity contribution in [2.75, 3.05) is 0 Å². The van der Waals surface area contributed by atoms with E-state index in [1.165, 1.54) is 32.6 Å². The van der Waals surface area contributed by atoms with E-state index in [9.17, 15) is 0 Å². The van der Waals surface area contributed by atoms with Gasteiger partial charge < -0.3 is 0 Å². The zero-order valence-corrected chi connectivity index (χ0v) is 23.2. The topological polar surface area (TPSA) is 0 Å². The maximum atomic E-state index is 2.56. The van der Waals surface area contributed by atoms with Crippen molar-refractivity contribution in [1.82, 2.24) is 0 Å². The molecule has 3 aromatic carbocycles. The highest BCUT2D eigenvalue weighted by atomic mass is 28.3. The highest BCUT2D eigenvalue weighted by molar-refractivity contribution is 7.13. The fourth-order valence-electron chi connectivity index (χ4n) is 5.97. The number of hydrogen-bond acceptors (Lipinski definition) is 0. The van der Waals surface area contributed by atoms with Crippen molar-refractivity contribution in [3.8, 4) is 0 Å². The van der Waals surface area contributed by atoms with Gasteiger partial charge in [0.2, 0.25) is 0 Å². The van der Waals surface area contributed by atoms with Crippen LogP contribution in [-0.2, 0) is 0 Å². The first kappa shape index (κ1) is 24.5. The van der Waals surface area contributed by atoms with Gasteiger partial charge in [-0.3, -0.25) is 0 Å². The molecule has 0 spiro atoms. The summed E-state index contributed by atoms with van der Waals surface area (Å²) >= 11 is 0. The van der Waals surface area contributed by atoms with Gasteiger partial charge in [-0.15, -0.1) is 0 Å². The average Bonchev–Trinajstić information content (AvgIpc) is 3.04. The molecule has 0 aliphatic heterocycles. The molecular weight excluding hydrogens is 424 g/mol. The lowest BCUT2D eigenvalue weighted by molar-refractivity contribution is 0.835. The Morgan fingerprint density at radius 1 is 0.529 bits per heavy atom. The van der Waals surface area contributed by atoms with Crippen LogP contribution in [0.4, 0.5) is 0 Å². The van der Waals surface area contributed by atoms with E-state index in [1.54, 1.807) is 16.3 Å². The third-order valence-corrected chi connectivity index (χ3v) is 13.7. The Hall–Kier alpha value is -2.64. The largest absolute Gasteiger partial charge is 0.159 e. The fraction of sp³-hybridized carbons (Fsp3) is 0.333. The number of hydrogen-bond donors (Lipinski definition) is 0. The predicted molar refractivity (Wildman–Crippen MR) is 153 cm³/mol. The summed E-state index contributed by atoms with van der Waals surface area (Å²) in [6.07, 6.45) is 0. The van der Waals surface area contributed by atoms with Crippen LogP contribution < -0.4 is 15.6 Å². The molecule has 0 fully saturated rings. The molecule has 4 rings (SSSR count). The molecule has 0 aromatic heterocycles. The minimum Gasteiger partial charge on any atom is -0.0647 e. The van der Waals surface area contributed by atoms with Crippen molar-refractivity contribution in [3.05, 3.63) is 112 Å². The van der Waals surface area contributed by atoms with E-state index < -0.39 is 8.07 Å². The molecule has 0 bridgehead atoms. The van der Waals surface area contributed by atoms with E-state index in [4.69, 9.17) is 0 Å². The lowest BCUT2D eigenvalue weighted by Crippen LogP contribution is -2.70. The van der Waals surface area contributed by atoms with Crippen LogP contribution >= 0.6 is 0 Å². The molecule has 0 saturated carbocycles. The molecule has 176 valence electrons. The van der Waals surface area contributed by atoms with Gasteiger partial charge in [0.15, 0.2) is 8.07 Å². The Labute approximate surface area is 208 Å². The molecule has 34 heavy (non-hydrogen) atoms. The minimum atomic E-state index is -2.47. The highest BCUT2D eigenvalue weighted by Gasteiger charge is 2.50. The fourth-order valence-corrected chi connectivity index (χ4v) is 11.9. The predicted octanol–water partition coefficient (Wildman–Crippen LogP) is 7.46. The second-order valence-electron chi connectivity index (χ2n) is 10.8. The molecule has 0 amide bonds. The van der Waals surface area contributed by atoms with Gasteiger partial charge in [0.05, 0.1) is 0 Å². The molecule has 0 atom stereocenters. The van der Waals surface area contributed by atoms with Crippen molar-refractivity contribution in [2.45, 2.75) is 72.8 Å². The van der Waals surface area contributed by atoms with E-state index in [-0.39, 0.29) is 0 Å². The van der Waals surface area contributed by atoms with Crippen LogP contribution in [0.3, 0.4) is 0 Å². The molecule has 0 nitrogen and oxygen atoms in total. The molecule has 0 heterocycles. The Balaban J connectivity index is 2.21. The van der Waals surface area contributed by atoms with E-state index in [0.717, 1.165) is 0 Å². The first-order valence-corrected chi connectivity index (χ1v) is 14.9. The summed E-state index contributed by atoms with van der Waals surface area (Å²) < 4.78 is 0. The van der Waals surface area contributed by atoms with Gasteiger partial charge in [-0.25, -0.2) is 0 Å². The normalized spacial score (nSPS) is 15.2. The smallest absolute Gasteiger partial charge is 0.0647 e. The zero-order chi connectivity index (χ0) is 24.6. The Morgan fingerprint density at radius 2 is 0.912 bits per heavy atom. The lowest BCUT2D eigenvalue weighted by Gasteiger charge is -2.41. The maximum absolute atomic E-state index is 2.56. The summed E-state index contributed by atoms with van der Waals surface area (Å²) in [6, 6.07) is 30.5. The van der Waals surface area contributed by atoms with Gasteiger partial charge in [0.1, 0.15) is 0 Å². The van der Waals surface area contributed by atoms with Crippen LogP contribution in [0.1, 0.15) is 78.4 Å². The molecule has 0 radical (unpaired) electrons. The first-order chi connectivity index (χ1) is 16.2. The number of benzene rings is 3. The molecule has 3 aromatic rings. The van der Waals surface area contributed by atoms with E-state index in [0.29, 0.717) is 17.4 Å². The van der Waals surface area contributed by atoms with Crippen molar-refractivity contribution in [1.29, 1.82) is 0 Å². The van der Waals surface area contributed by atoms with Gasteiger partial charge >= 0.3 is 0 Å². The zero-order valence-electron chi connectivity index (χ0n) is 22.2. The van der Waals surface area contributed by atoms with Crippen LogP contribution in [-0.4, -0.2) is 8.07 Å². The molecule has 0 saturated heterocycles. The quantitative estimate of drug-likeness (QED) is 0.262. The molecule has 1 heteroatoms. The SMILES string of the molecule is CC1=C(C)C([Si](c2ccccc2)(c2ccccc2)c2cc(C(C)C)cc(C(C)C)c2)C(C)=C1C. The van der Waals surface area contributed by atoms with E-state index in [2.05, 4.69) is 134 Å². The van der Waals surface area contributed by atoms with Crippen molar-refractivity contribution in [2.24, 2.45) is 0 Å². The molecular formula is C33H40Si. The average molecular weight is 465 g/mol. The summed E-state index contributed by atoms with van der Waals surface area (Å²) in [6.45, 7) is 18.8. The van der Waals surface area contributed by atoms with Gasteiger partial charge in [-0.05, 0) is 77.4 Å². The number of allylic oxidation sites excluding steroid dienone is 4. The Bertz CT molecular complexity index is 1140. The summed E-state index contributed by atoms with van der Waals surface area (Å²) in [4.78, 5) is 0.